The third-order valence-electron chi connectivity index (χ3n) is 12.2. The van der Waals surface area contributed by atoms with E-state index in [4.69, 9.17) is 0 Å². The maximum atomic E-state index is 10.9. The highest BCUT2D eigenvalue weighted by molar-refractivity contribution is 5.32. The van der Waals surface area contributed by atoms with E-state index >= 15 is 0 Å². The van der Waals surface area contributed by atoms with Crippen molar-refractivity contribution < 1.29 is 6.48 Å². The molecule has 1 N–H and O–H groups in total. The number of allylic oxidation sites excluding steroid dienone is 2. The zero-order valence-electron chi connectivity index (χ0n) is 21.9. The van der Waals surface area contributed by atoms with Gasteiger partial charge in [-0.1, -0.05) is 60.1 Å². The maximum Gasteiger partial charge on any atom is 0.0594 e. The third kappa shape index (κ3) is 2.63. The van der Waals surface area contributed by atoms with Crippen LogP contribution in [-0.2, 0) is 0 Å². The highest BCUT2D eigenvalue weighted by Gasteiger charge is 2.66. The van der Waals surface area contributed by atoms with Crippen molar-refractivity contribution in [2.24, 2.45) is 50.7 Å². The molecule has 0 aromatic rings. The van der Waals surface area contributed by atoms with E-state index in [1.165, 1.54) is 44.9 Å². The molecule has 1 unspecified atom stereocenters. The van der Waals surface area contributed by atoms with Gasteiger partial charge in [0, 0.05) is 1.37 Å². The van der Waals surface area contributed by atoms with Gasteiger partial charge in [-0.25, -0.2) is 0 Å². The van der Waals surface area contributed by atoms with Crippen LogP contribution in [-0.4, -0.2) is 11.2 Å². The van der Waals surface area contributed by atoms with Crippen LogP contribution in [0, 0.1) is 50.7 Å². The molecule has 5 aliphatic carbocycles. The Morgan fingerprint density at radius 2 is 1.57 bits per heavy atom. The lowest BCUT2D eigenvalue weighted by molar-refractivity contribution is -0.200. The Bertz CT molecular complexity index is 797. The Hall–Kier alpha value is -0.300. The molecule has 4 saturated carbocycles. The molecular weight excluding hydrogens is 364 g/mol. The van der Waals surface area contributed by atoms with E-state index in [0.717, 1.165) is 19.3 Å². The summed E-state index contributed by atoms with van der Waals surface area (Å²) >= 11 is 0. The minimum Gasteiger partial charge on any atom is -0.393 e. The van der Waals surface area contributed by atoms with Gasteiger partial charge in [0.15, 0.2) is 0 Å². The summed E-state index contributed by atoms with van der Waals surface area (Å²) in [6.07, 6.45) is 14.2. The van der Waals surface area contributed by atoms with Gasteiger partial charge in [0.2, 0.25) is 0 Å². The first-order valence-corrected chi connectivity index (χ1v) is 13.1. The van der Waals surface area contributed by atoms with Crippen molar-refractivity contribution in [1.82, 2.24) is 0 Å². The van der Waals surface area contributed by atoms with Crippen LogP contribution < -0.4 is 0 Å². The standard InChI is InChI=1S/C29H48O/c1-25(2)14-10-19-11-16-28(6)21(20(19)18-25)8-9-23-27(5)15-13-24(30)26(3,4)22(27)12-17-29(23,28)7/h8,19-20,22-24,30H,9-18H2,1-7H3/t19?,20-,22+,23-,24+,27+,28-,29-/m1/s1/i19D. The lowest BCUT2D eigenvalue weighted by atomic mass is 9.34. The molecule has 4 fully saturated rings. The quantitative estimate of drug-likeness (QED) is 0.402. The van der Waals surface area contributed by atoms with E-state index in [2.05, 4.69) is 54.5 Å². The number of aliphatic hydroxyl groups excluding tert-OH is 1. The fourth-order valence-electron chi connectivity index (χ4n) is 10.00. The summed E-state index contributed by atoms with van der Waals surface area (Å²) in [5.74, 6) is 1.56. The van der Waals surface area contributed by atoms with E-state index in [1.807, 2.05) is 0 Å². The molecular formula is C29H48O. The molecule has 30 heavy (non-hydrogen) atoms. The molecule has 0 spiro atoms. The van der Waals surface area contributed by atoms with Crippen molar-refractivity contribution in [2.45, 2.75) is 119 Å². The van der Waals surface area contributed by atoms with Crippen molar-refractivity contribution in [2.75, 3.05) is 0 Å². The van der Waals surface area contributed by atoms with Gasteiger partial charge in [-0.15, -0.1) is 0 Å². The van der Waals surface area contributed by atoms with Crippen LogP contribution in [0.25, 0.3) is 0 Å². The van der Waals surface area contributed by atoms with E-state index < -0.39 is 0 Å². The van der Waals surface area contributed by atoms with Crippen LogP contribution >= 0.6 is 0 Å². The number of hydrogen-bond donors (Lipinski definition) is 1. The second kappa shape index (κ2) is 6.39. The highest BCUT2D eigenvalue weighted by atomic mass is 16.3. The average Bonchev–Trinajstić information content (AvgIpc) is 2.67. The maximum absolute atomic E-state index is 10.9. The summed E-state index contributed by atoms with van der Waals surface area (Å²) in [6, 6.07) is 0. The van der Waals surface area contributed by atoms with Gasteiger partial charge >= 0.3 is 0 Å². The molecule has 0 saturated heterocycles. The molecule has 8 atom stereocenters. The Balaban J connectivity index is 1.57. The molecule has 0 amide bonds. The van der Waals surface area contributed by atoms with Crippen molar-refractivity contribution in [3.63, 3.8) is 0 Å². The van der Waals surface area contributed by atoms with Gasteiger partial charge in [0.05, 0.1) is 6.10 Å². The molecule has 1 heteroatoms. The summed E-state index contributed by atoms with van der Waals surface area (Å²) in [5.41, 5.74) is 2.98. The first-order valence-electron chi connectivity index (χ1n) is 13.6. The summed E-state index contributed by atoms with van der Waals surface area (Å²) < 4.78 is 9.45. The lowest BCUT2D eigenvalue weighted by Crippen LogP contribution is -2.63. The summed E-state index contributed by atoms with van der Waals surface area (Å²) in [5, 5.41) is 10.9. The minimum atomic E-state index is -0.220. The fraction of sp³-hybridized carbons (Fsp3) is 0.931. The lowest BCUT2D eigenvalue weighted by Gasteiger charge is -2.70. The van der Waals surface area contributed by atoms with E-state index in [9.17, 15) is 6.48 Å². The molecule has 0 heterocycles. The monoisotopic (exact) mass is 413 g/mol. The van der Waals surface area contributed by atoms with Gasteiger partial charge in [-0.05, 0) is 115 Å². The summed E-state index contributed by atoms with van der Waals surface area (Å²) in [4.78, 5) is 0. The largest absolute Gasteiger partial charge is 0.393 e. The van der Waals surface area contributed by atoms with Crippen molar-refractivity contribution in [1.29, 1.82) is 0 Å². The van der Waals surface area contributed by atoms with Gasteiger partial charge in [0.25, 0.3) is 0 Å². The van der Waals surface area contributed by atoms with Crippen LogP contribution in [0.2, 0.25) is 0 Å². The highest BCUT2D eigenvalue weighted by Crippen LogP contribution is 2.74. The van der Waals surface area contributed by atoms with Crippen molar-refractivity contribution >= 4 is 0 Å². The van der Waals surface area contributed by atoms with Crippen molar-refractivity contribution in [3.8, 4) is 0 Å². The minimum absolute atomic E-state index is 0.0233. The fourth-order valence-corrected chi connectivity index (χ4v) is 10.00. The molecule has 0 aromatic heterocycles. The van der Waals surface area contributed by atoms with Gasteiger partial charge in [-0.2, -0.15) is 0 Å². The summed E-state index contributed by atoms with van der Waals surface area (Å²) in [7, 11) is 0. The Labute approximate surface area is 187 Å². The normalized spacial score (nSPS) is 57.1. The van der Waals surface area contributed by atoms with E-state index in [1.54, 1.807) is 5.57 Å². The van der Waals surface area contributed by atoms with E-state index in [0.29, 0.717) is 34.0 Å². The SMILES string of the molecule is [2H]C12CCC(C)(C)C[C@H]1C1=CC[C@@H]3[C@@]4(C)CC[C@H](O)C(C)(C)[C@@H]4CC[C@@]3(C)[C@]1(C)CC2. The second-order valence-corrected chi connectivity index (χ2v) is 14.2. The molecule has 0 aliphatic heterocycles. The van der Waals surface area contributed by atoms with Crippen LogP contribution in [0.4, 0.5) is 0 Å². The Morgan fingerprint density at radius 1 is 0.867 bits per heavy atom. The smallest absolute Gasteiger partial charge is 0.0594 e. The molecule has 0 aromatic carbocycles. The number of rotatable bonds is 0. The van der Waals surface area contributed by atoms with Crippen LogP contribution in [0.1, 0.15) is 114 Å². The van der Waals surface area contributed by atoms with Gasteiger partial charge in [0.1, 0.15) is 0 Å². The molecule has 0 radical (unpaired) electrons. The summed E-state index contributed by atoms with van der Waals surface area (Å²) in [6.45, 7) is 17.4. The number of fused-ring (bicyclic) bond motifs is 7. The van der Waals surface area contributed by atoms with Gasteiger partial charge < -0.3 is 5.11 Å². The zero-order valence-corrected chi connectivity index (χ0v) is 20.9. The van der Waals surface area contributed by atoms with Crippen molar-refractivity contribution in [3.05, 3.63) is 11.6 Å². The number of hydrogen-bond acceptors (Lipinski definition) is 1. The predicted octanol–water partition coefficient (Wildman–Crippen LogP) is 7.78. The predicted molar refractivity (Wildman–Crippen MR) is 126 cm³/mol. The molecule has 170 valence electrons. The van der Waals surface area contributed by atoms with E-state index in [-0.39, 0.29) is 22.8 Å². The zero-order chi connectivity index (χ0) is 22.7. The van der Waals surface area contributed by atoms with Crippen LogP contribution in [0.15, 0.2) is 11.6 Å². The molecule has 0 bridgehead atoms. The van der Waals surface area contributed by atoms with Crippen LogP contribution in [0.5, 0.6) is 0 Å². The topological polar surface area (TPSA) is 20.2 Å². The number of aliphatic hydroxyl groups is 1. The second-order valence-electron chi connectivity index (χ2n) is 14.2. The van der Waals surface area contributed by atoms with Crippen LogP contribution in [0.3, 0.4) is 0 Å². The molecule has 5 rings (SSSR count). The third-order valence-corrected chi connectivity index (χ3v) is 12.2. The molecule has 1 nitrogen and oxygen atoms in total. The first-order chi connectivity index (χ1) is 14.2. The average molecular weight is 414 g/mol. The molecule has 5 aliphatic rings. The Kier molecular flexibility index (Phi) is 4.33. The first kappa shape index (κ1) is 20.3. The Morgan fingerprint density at radius 3 is 2.30 bits per heavy atom. The van der Waals surface area contributed by atoms with Gasteiger partial charge in [-0.3, -0.25) is 0 Å².